The summed E-state index contributed by atoms with van der Waals surface area (Å²) in [6.07, 6.45) is 11.7. The van der Waals surface area contributed by atoms with Crippen LogP contribution in [0.3, 0.4) is 0 Å². The van der Waals surface area contributed by atoms with Crippen molar-refractivity contribution in [2.45, 2.75) is 71.8 Å². The number of anilines is 2. The second-order valence-corrected chi connectivity index (χ2v) is 10.3. The number of aryl methyl sites for hydroxylation is 3. The number of benzene rings is 2. The van der Waals surface area contributed by atoms with Crippen molar-refractivity contribution in [3.05, 3.63) is 82.3 Å². The molecule has 3 N–H and O–H groups in total. The van der Waals surface area contributed by atoms with E-state index in [0.717, 1.165) is 38.2 Å². The average Bonchev–Trinajstić information content (AvgIpc) is 2.84. The summed E-state index contributed by atoms with van der Waals surface area (Å²) in [6.45, 7) is 11.7. The van der Waals surface area contributed by atoms with Crippen LogP contribution in [0.1, 0.15) is 61.8 Å². The van der Waals surface area contributed by atoms with Crippen LogP contribution < -0.4 is 16.0 Å². The molecule has 182 valence electrons. The van der Waals surface area contributed by atoms with Gasteiger partial charge in [-0.05, 0) is 101 Å². The number of ether oxygens (including phenoxy) is 1. The number of fused-ring (bicyclic) bond motifs is 3. The molecule has 0 unspecified atom stereocenters. The van der Waals surface area contributed by atoms with E-state index in [1.807, 2.05) is 0 Å². The molecule has 4 heteroatoms. The largest absolute Gasteiger partial charge is 0.484 e. The SMILES string of the molecule is CC1(C)CNC2=CCCC=C2O1.Cc1ccc2c(c1)CCCN2.Cc1cccc2c1CCCN2. The van der Waals surface area contributed by atoms with Gasteiger partial charge in [0.25, 0.3) is 0 Å². The maximum atomic E-state index is 5.81. The Balaban J connectivity index is 0.000000121. The average molecular weight is 460 g/mol. The molecule has 3 aliphatic heterocycles. The van der Waals surface area contributed by atoms with Crippen molar-refractivity contribution >= 4 is 11.4 Å². The first kappa shape index (κ1) is 24.3. The zero-order chi connectivity index (χ0) is 24.0. The van der Waals surface area contributed by atoms with Crippen LogP contribution in [0.4, 0.5) is 11.4 Å². The van der Waals surface area contributed by atoms with Gasteiger partial charge in [0.2, 0.25) is 0 Å². The van der Waals surface area contributed by atoms with Gasteiger partial charge in [0.15, 0.2) is 0 Å². The Morgan fingerprint density at radius 2 is 1.59 bits per heavy atom. The van der Waals surface area contributed by atoms with Gasteiger partial charge in [-0.25, -0.2) is 0 Å². The predicted octanol–water partition coefficient (Wildman–Crippen LogP) is 6.65. The minimum absolute atomic E-state index is 0.0550. The normalized spacial score (nSPS) is 19.1. The molecule has 0 bridgehead atoms. The van der Waals surface area contributed by atoms with Crippen LogP contribution in [-0.4, -0.2) is 25.2 Å². The van der Waals surface area contributed by atoms with E-state index >= 15 is 0 Å². The molecule has 6 rings (SSSR count). The lowest BCUT2D eigenvalue weighted by atomic mass is 9.99. The van der Waals surface area contributed by atoms with Crippen LogP contribution in [0.5, 0.6) is 0 Å². The lowest BCUT2D eigenvalue weighted by Crippen LogP contribution is -2.43. The summed E-state index contributed by atoms with van der Waals surface area (Å²) in [7, 11) is 0. The van der Waals surface area contributed by atoms with E-state index in [2.05, 4.69) is 92.2 Å². The molecule has 1 aliphatic carbocycles. The van der Waals surface area contributed by atoms with Crippen molar-refractivity contribution in [3.63, 3.8) is 0 Å². The van der Waals surface area contributed by atoms with E-state index in [1.165, 1.54) is 65.0 Å². The van der Waals surface area contributed by atoms with Crippen LogP contribution in [0.15, 0.2) is 60.0 Å². The Bertz CT molecular complexity index is 1050. The summed E-state index contributed by atoms with van der Waals surface area (Å²) in [5.41, 5.74) is 9.59. The van der Waals surface area contributed by atoms with E-state index in [0.29, 0.717) is 0 Å². The molecule has 1 saturated heterocycles. The van der Waals surface area contributed by atoms with Crippen LogP contribution in [-0.2, 0) is 17.6 Å². The predicted molar refractivity (Wildman–Crippen MR) is 145 cm³/mol. The molecule has 0 spiro atoms. The molecule has 1 fully saturated rings. The molecular weight excluding hydrogens is 418 g/mol. The first-order valence-electron chi connectivity index (χ1n) is 12.9. The highest BCUT2D eigenvalue weighted by atomic mass is 16.5. The van der Waals surface area contributed by atoms with Crippen molar-refractivity contribution < 1.29 is 4.74 Å². The first-order valence-corrected chi connectivity index (χ1v) is 12.9. The first-order chi connectivity index (χ1) is 16.4. The van der Waals surface area contributed by atoms with Crippen molar-refractivity contribution in [3.8, 4) is 0 Å². The maximum Gasteiger partial charge on any atom is 0.139 e. The quantitative estimate of drug-likeness (QED) is 0.413. The third-order valence-corrected chi connectivity index (χ3v) is 6.73. The molecular formula is C30H41N3O. The molecule has 0 radical (unpaired) electrons. The maximum absolute atomic E-state index is 5.81. The molecule has 0 amide bonds. The van der Waals surface area contributed by atoms with Crippen molar-refractivity contribution in [1.82, 2.24) is 5.32 Å². The summed E-state index contributed by atoms with van der Waals surface area (Å²) >= 11 is 0. The lowest BCUT2D eigenvalue weighted by molar-refractivity contribution is 0.0216. The lowest BCUT2D eigenvalue weighted by Gasteiger charge is -2.36. The van der Waals surface area contributed by atoms with E-state index in [9.17, 15) is 0 Å². The fourth-order valence-electron chi connectivity index (χ4n) is 4.84. The van der Waals surface area contributed by atoms with Crippen molar-refractivity contribution in [2.75, 3.05) is 30.3 Å². The van der Waals surface area contributed by atoms with Crippen molar-refractivity contribution in [1.29, 1.82) is 0 Å². The number of rotatable bonds is 0. The monoisotopic (exact) mass is 459 g/mol. The second-order valence-electron chi connectivity index (χ2n) is 10.3. The molecule has 0 aromatic heterocycles. The van der Waals surface area contributed by atoms with Crippen molar-refractivity contribution in [2.24, 2.45) is 0 Å². The van der Waals surface area contributed by atoms with Gasteiger partial charge >= 0.3 is 0 Å². The highest BCUT2D eigenvalue weighted by molar-refractivity contribution is 5.56. The summed E-state index contributed by atoms with van der Waals surface area (Å²) < 4.78 is 5.81. The van der Waals surface area contributed by atoms with Gasteiger partial charge in [-0.1, -0.05) is 35.9 Å². The van der Waals surface area contributed by atoms with Crippen LogP contribution in [0.2, 0.25) is 0 Å². The van der Waals surface area contributed by atoms with E-state index in [1.54, 1.807) is 0 Å². The van der Waals surface area contributed by atoms with Gasteiger partial charge < -0.3 is 20.7 Å². The Kier molecular flexibility index (Phi) is 7.87. The highest BCUT2D eigenvalue weighted by Gasteiger charge is 2.28. The molecule has 3 heterocycles. The molecule has 4 nitrogen and oxygen atoms in total. The number of allylic oxidation sites excluding steroid dienone is 2. The third kappa shape index (κ3) is 6.37. The number of hydrogen-bond donors (Lipinski definition) is 3. The molecule has 34 heavy (non-hydrogen) atoms. The summed E-state index contributed by atoms with van der Waals surface area (Å²) in [5.74, 6) is 1.04. The van der Waals surface area contributed by atoms with Gasteiger partial charge in [-0.15, -0.1) is 0 Å². The molecule has 2 aromatic rings. The standard InChI is InChI=1S/C10H15NO.2C10H13N/c1-10(2)7-11-8-5-3-4-6-9(8)12-10;1-8-4-2-6-10-9(8)5-3-7-11-10;1-8-4-5-10-9(7-8)3-2-6-11-10/h5-6,11H,3-4,7H2,1-2H3;2,4,6,11H,3,5,7H2,1H3;4-5,7,11H,2-3,6H2,1H3. The zero-order valence-corrected chi connectivity index (χ0v) is 21.4. The van der Waals surface area contributed by atoms with Gasteiger partial charge in [-0.3, -0.25) is 0 Å². The van der Waals surface area contributed by atoms with E-state index in [-0.39, 0.29) is 5.60 Å². The summed E-state index contributed by atoms with van der Waals surface area (Å²) in [6, 6.07) is 13.1. The smallest absolute Gasteiger partial charge is 0.139 e. The fourth-order valence-corrected chi connectivity index (χ4v) is 4.84. The minimum Gasteiger partial charge on any atom is -0.484 e. The summed E-state index contributed by atoms with van der Waals surface area (Å²) in [4.78, 5) is 0. The van der Waals surface area contributed by atoms with Crippen LogP contribution in [0.25, 0.3) is 0 Å². The molecule has 4 aliphatic rings. The Morgan fingerprint density at radius 1 is 0.824 bits per heavy atom. The number of morpholine rings is 1. The number of nitrogens with one attached hydrogen (secondary N) is 3. The van der Waals surface area contributed by atoms with Gasteiger partial charge in [0, 0.05) is 24.5 Å². The van der Waals surface area contributed by atoms with Gasteiger partial charge in [0.05, 0.1) is 12.2 Å². The Hall–Kier alpha value is -2.88. The van der Waals surface area contributed by atoms with Crippen LogP contribution in [0, 0.1) is 13.8 Å². The number of hydrogen-bond acceptors (Lipinski definition) is 4. The van der Waals surface area contributed by atoms with Crippen LogP contribution >= 0.6 is 0 Å². The van der Waals surface area contributed by atoms with Gasteiger partial charge in [0.1, 0.15) is 11.4 Å². The van der Waals surface area contributed by atoms with Gasteiger partial charge in [-0.2, -0.15) is 0 Å². The fraction of sp³-hybridized carbons (Fsp3) is 0.467. The topological polar surface area (TPSA) is 45.3 Å². The van der Waals surface area contributed by atoms with E-state index < -0.39 is 0 Å². The molecule has 0 atom stereocenters. The third-order valence-electron chi connectivity index (χ3n) is 6.73. The summed E-state index contributed by atoms with van der Waals surface area (Å²) in [5, 5.41) is 10.2. The van der Waals surface area contributed by atoms with E-state index in [4.69, 9.17) is 4.74 Å². The molecule has 0 saturated carbocycles. The highest BCUT2D eigenvalue weighted by Crippen LogP contribution is 2.28. The minimum atomic E-state index is -0.0550. The second kappa shape index (κ2) is 11.0. The molecule has 2 aromatic carbocycles. The Morgan fingerprint density at radius 3 is 2.41 bits per heavy atom. The Labute approximate surface area is 205 Å². The zero-order valence-electron chi connectivity index (χ0n) is 21.4.